The Morgan fingerprint density at radius 1 is 1.26 bits per heavy atom. The number of nitrogens with zero attached hydrogens (tertiary/aromatic N) is 3. The van der Waals surface area contributed by atoms with Gasteiger partial charge >= 0.3 is 5.97 Å². The molecule has 2 aromatic heterocycles. The van der Waals surface area contributed by atoms with Crippen LogP contribution in [0.1, 0.15) is 23.6 Å². The average Bonchev–Trinajstić information content (AvgIpc) is 3.17. The van der Waals surface area contributed by atoms with Crippen molar-refractivity contribution < 1.29 is 9.90 Å². The van der Waals surface area contributed by atoms with Gasteiger partial charge in [0.25, 0.3) is 5.56 Å². The molecule has 4 rings (SSSR count). The Kier molecular flexibility index (Phi) is 4.39. The van der Waals surface area contributed by atoms with Crippen LogP contribution in [-0.2, 0) is 4.79 Å². The van der Waals surface area contributed by atoms with Crippen LogP contribution in [0, 0.1) is 11.3 Å². The number of rotatable bonds is 3. The molecule has 134 valence electrons. The minimum atomic E-state index is -0.945. The lowest BCUT2D eigenvalue weighted by molar-refractivity contribution is -0.139. The van der Waals surface area contributed by atoms with Crippen molar-refractivity contribution >= 4 is 27.4 Å². The van der Waals surface area contributed by atoms with Crippen LogP contribution in [0.2, 0.25) is 0 Å². The fourth-order valence-corrected chi connectivity index (χ4v) is 4.36. The molecule has 2 N–H and O–H groups in total. The van der Waals surface area contributed by atoms with Crippen LogP contribution in [0.25, 0.3) is 20.8 Å². The van der Waals surface area contributed by atoms with E-state index >= 15 is 0 Å². The maximum absolute atomic E-state index is 12.3. The van der Waals surface area contributed by atoms with E-state index in [0.717, 1.165) is 4.70 Å². The summed E-state index contributed by atoms with van der Waals surface area (Å²) in [6.45, 7) is 0.572. The van der Waals surface area contributed by atoms with Gasteiger partial charge in [0.15, 0.2) is 0 Å². The third-order valence-corrected chi connectivity index (χ3v) is 5.74. The van der Waals surface area contributed by atoms with E-state index in [2.05, 4.69) is 21.4 Å². The third-order valence-electron chi connectivity index (χ3n) is 4.67. The minimum absolute atomic E-state index is 0.169. The lowest BCUT2D eigenvalue weighted by atomic mass is 9.90. The maximum atomic E-state index is 12.3. The summed E-state index contributed by atoms with van der Waals surface area (Å²) >= 11 is 1.33. The van der Waals surface area contributed by atoms with Gasteiger partial charge in [0.05, 0.1) is 5.39 Å². The highest BCUT2D eigenvalue weighted by Crippen LogP contribution is 2.32. The molecule has 1 aliphatic rings. The molecule has 0 radical (unpaired) electrons. The summed E-state index contributed by atoms with van der Waals surface area (Å²) in [6.07, 6.45) is 0.619. The normalized spacial score (nSPS) is 19.1. The second-order valence-electron chi connectivity index (χ2n) is 6.23. The van der Waals surface area contributed by atoms with Gasteiger partial charge in [0, 0.05) is 10.6 Å². The number of nitriles is 1. The molecule has 0 amide bonds. The third kappa shape index (κ3) is 3.07. The Balaban J connectivity index is 1.79. The monoisotopic (exact) mass is 378 g/mol. The second-order valence-corrected chi connectivity index (χ2v) is 7.26. The Morgan fingerprint density at radius 3 is 2.85 bits per heavy atom. The van der Waals surface area contributed by atoms with Gasteiger partial charge in [-0.15, -0.1) is 11.3 Å². The molecular weight excluding hydrogens is 364 g/mol. The molecule has 8 heteroatoms. The van der Waals surface area contributed by atoms with Gasteiger partial charge in [-0.2, -0.15) is 10.2 Å². The van der Waals surface area contributed by atoms with Gasteiger partial charge in [-0.25, -0.2) is 4.98 Å². The Morgan fingerprint density at radius 2 is 2.07 bits per heavy atom. The SMILES string of the molecule is N#Cc1nc(-c2nc(=O)c3ccccc3s2)ccc1C1CCN[C@@H]1C(=O)O. The number of benzene rings is 1. The largest absolute Gasteiger partial charge is 0.480 e. The molecule has 1 fully saturated rings. The van der Waals surface area contributed by atoms with Gasteiger partial charge in [0.2, 0.25) is 0 Å². The van der Waals surface area contributed by atoms with E-state index in [9.17, 15) is 20.0 Å². The highest BCUT2D eigenvalue weighted by molar-refractivity contribution is 7.21. The molecule has 1 aliphatic heterocycles. The number of fused-ring (bicyclic) bond motifs is 1. The molecule has 2 atom stereocenters. The van der Waals surface area contributed by atoms with E-state index in [1.54, 1.807) is 24.3 Å². The molecule has 3 aromatic rings. The van der Waals surface area contributed by atoms with Crippen LogP contribution >= 0.6 is 11.3 Å². The van der Waals surface area contributed by atoms with E-state index in [1.165, 1.54) is 11.3 Å². The lowest BCUT2D eigenvalue weighted by Crippen LogP contribution is -2.34. The number of carboxylic acid groups (broad SMARTS) is 1. The molecule has 1 saturated heterocycles. The summed E-state index contributed by atoms with van der Waals surface area (Å²) in [5.41, 5.74) is 0.865. The standard InChI is InChI=1S/C19H14N4O3S/c20-9-14-10(11-7-8-21-16(11)19(25)26)5-6-13(22-14)18-23-17(24)12-3-1-2-4-15(12)27-18/h1-6,11,16,21H,7-8H2,(H,25,26)/t11?,16-/m0/s1. The van der Waals surface area contributed by atoms with Crippen molar-refractivity contribution in [1.82, 2.24) is 15.3 Å². The molecule has 27 heavy (non-hydrogen) atoms. The number of carbonyl (C=O) groups is 1. The van der Waals surface area contributed by atoms with E-state index < -0.39 is 12.0 Å². The highest BCUT2D eigenvalue weighted by atomic mass is 32.1. The predicted molar refractivity (Wildman–Crippen MR) is 101 cm³/mol. The highest BCUT2D eigenvalue weighted by Gasteiger charge is 2.35. The summed E-state index contributed by atoms with van der Waals surface area (Å²) < 4.78 is 0.794. The number of pyridine rings is 1. The van der Waals surface area contributed by atoms with Crippen LogP contribution in [0.3, 0.4) is 0 Å². The van der Waals surface area contributed by atoms with Crippen molar-refractivity contribution in [3.8, 4) is 16.8 Å². The van der Waals surface area contributed by atoms with Crippen molar-refractivity contribution in [2.24, 2.45) is 0 Å². The first-order chi connectivity index (χ1) is 13.1. The van der Waals surface area contributed by atoms with Crippen molar-refractivity contribution in [2.75, 3.05) is 6.54 Å². The fraction of sp³-hybridized carbons (Fsp3) is 0.211. The Labute approximate surface area is 158 Å². The van der Waals surface area contributed by atoms with Crippen LogP contribution < -0.4 is 10.9 Å². The van der Waals surface area contributed by atoms with E-state index in [4.69, 9.17) is 0 Å². The quantitative estimate of drug-likeness (QED) is 0.717. The summed E-state index contributed by atoms with van der Waals surface area (Å²) in [5, 5.41) is 22.8. The lowest BCUT2D eigenvalue weighted by Gasteiger charge is -2.17. The molecule has 3 heterocycles. The first-order valence-electron chi connectivity index (χ1n) is 8.36. The Hall–Kier alpha value is -3.15. The zero-order valence-electron chi connectivity index (χ0n) is 14.0. The molecule has 0 bridgehead atoms. The predicted octanol–water partition coefficient (Wildman–Crippen LogP) is 2.12. The zero-order valence-corrected chi connectivity index (χ0v) is 14.9. The van der Waals surface area contributed by atoms with E-state index in [1.807, 2.05) is 12.1 Å². The summed E-state index contributed by atoms with van der Waals surface area (Å²) in [5.74, 6) is -1.26. The number of aliphatic carboxylic acids is 1. The van der Waals surface area contributed by atoms with Crippen molar-refractivity contribution in [2.45, 2.75) is 18.4 Å². The molecule has 1 unspecified atom stereocenters. The Bertz CT molecular complexity index is 1150. The maximum Gasteiger partial charge on any atom is 0.321 e. The van der Waals surface area contributed by atoms with Crippen LogP contribution in [-0.4, -0.2) is 33.6 Å². The van der Waals surface area contributed by atoms with Gasteiger partial charge in [-0.05, 0) is 36.7 Å². The zero-order chi connectivity index (χ0) is 19.0. The van der Waals surface area contributed by atoms with Crippen molar-refractivity contribution in [1.29, 1.82) is 5.26 Å². The van der Waals surface area contributed by atoms with Gasteiger partial charge in [-0.3, -0.25) is 9.59 Å². The number of nitrogens with one attached hydrogen (secondary N) is 1. The van der Waals surface area contributed by atoms with Crippen LogP contribution in [0.5, 0.6) is 0 Å². The van der Waals surface area contributed by atoms with E-state index in [-0.39, 0.29) is 17.2 Å². The molecule has 7 nitrogen and oxygen atoms in total. The first kappa shape index (κ1) is 17.3. The van der Waals surface area contributed by atoms with Crippen LogP contribution in [0.15, 0.2) is 41.2 Å². The smallest absolute Gasteiger partial charge is 0.321 e. The van der Waals surface area contributed by atoms with Gasteiger partial charge < -0.3 is 10.4 Å². The topological polar surface area (TPSA) is 116 Å². The molecular formula is C19H14N4O3S. The van der Waals surface area contributed by atoms with Gasteiger partial charge in [0.1, 0.15) is 28.5 Å². The molecule has 0 aliphatic carbocycles. The molecule has 1 aromatic carbocycles. The number of carboxylic acids is 1. The summed E-state index contributed by atoms with van der Waals surface area (Å²) in [4.78, 5) is 32.2. The van der Waals surface area contributed by atoms with Gasteiger partial charge in [-0.1, -0.05) is 18.2 Å². The molecule has 0 spiro atoms. The number of hydrogen-bond donors (Lipinski definition) is 2. The van der Waals surface area contributed by atoms with E-state index in [0.29, 0.717) is 34.6 Å². The second kappa shape index (κ2) is 6.87. The summed E-state index contributed by atoms with van der Waals surface area (Å²) in [6, 6.07) is 11.9. The number of aromatic nitrogens is 2. The molecule has 0 saturated carbocycles. The van der Waals surface area contributed by atoms with Crippen LogP contribution in [0.4, 0.5) is 0 Å². The van der Waals surface area contributed by atoms with Crippen molar-refractivity contribution in [3.05, 3.63) is 58.0 Å². The van der Waals surface area contributed by atoms with Crippen molar-refractivity contribution in [3.63, 3.8) is 0 Å². The average molecular weight is 378 g/mol. The number of hydrogen-bond acceptors (Lipinski definition) is 7. The fourth-order valence-electron chi connectivity index (χ4n) is 3.40. The minimum Gasteiger partial charge on any atom is -0.480 e. The first-order valence-corrected chi connectivity index (χ1v) is 9.17. The summed E-state index contributed by atoms with van der Waals surface area (Å²) in [7, 11) is 0.